The summed E-state index contributed by atoms with van der Waals surface area (Å²) in [5.41, 5.74) is 5.62. The Bertz CT molecular complexity index is 116. The van der Waals surface area contributed by atoms with Gasteiger partial charge in [0.05, 0.1) is 0 Å². The van der Waals surface area contributed by atoms with Crippen LogP contribution < -0.4 is 5.73 Å². The van der Waals surface area contributed by atoms with Gasteiger partial charge < -0.3 is 5.73 Å². The highest BCUT2D eigenvalue weighted by Crippen LogP contribution is 2.33. The van der Waals surface area contributed by atoms with Gasteiger partial charge in [0.15, 0.2) is 0 Å². The average Bonchev–Trinajstić information content (AvgIpc) is 2.06. The summed E-state index contributed by atoms with van der Waals surface area (Å²) in [6.07, 6.45) is 5.73. The molecule has 3 aliphatic rings. The Morgan fingerprint density at radius 1 is 1.20 bits per heavy atom. The minimum atomic E-state index is 0.779. The van der Waals surface area contributed by atoms with Gasteiger partial charge in [-0.05, 0) is 31.6 Å². The van der Waals surface area contributed by atoms with Crippen molar-refractivity contribution >= 4 is 0 Å². The molecule has 2 nitrogen and oxygen atoms in total. The fourth-order valence-corrected chi connectivity index (χ4v) is 2.40. The molecule has 0 atom stereocenters. The van der Waals surface area contributed by atoms with Crippen LogP contribution in [0.2, 0.25) is 0 Å². The van der Waals surface area contributed by atoms with E-state index < -0.39 is 0 Å². The summed E-state index contributed by atoms with van der Waals surface area (Å²) < 4.78 is 0. The largest absolute Gasteiger partial charge is 0.318 e. The number of nitrogens with zero attached hydrogens (tertiary/aromatic N) is 1. The molecule has 2 heteroatoms. The number of hydrogen-bond acceptors (Lipinski definition) is 2. The minimum absolute atomic E-state index is 0.779. The molecular formula is C8H16N2. The van der Waals surface area contributed by atoms with Crippen molar-refractivity contribution in [2.45, 2.75) is 31.7 Å². The molecule has 1 saturated carbocycles. The van der Waals surface area contributed by atoms with Gasteiger partial charge in [-0.2, -0.15) is 0 Å². The molecule has 3 fully saturated rings. The summed E-state index contributed by atoms with van der Waals surface area (Å²) in [6.45, 7) is 2.06. The predicted octanol–water partition coefficient (Wildman–Crippen LogP) is 0.777. The van der Waals surface area contributed by atoms with Gasteiger partial charge in [0, 0.05) is 19.3 Å². The lowest BCUT2D eigenvalue weighted by atomic mass is 9.80. The van der Waals surface area contributed by atoms with Crippen LogP contribution in [0, 0.1) is 5.92 Å². The maximum Gasteiger partial charge on any atom is 0.0458 e. The molecular weight excluding hydrogens is 124 g/mol. The van der Waals surface area contributed by atoms with Crippen molar-refractivity contribution < 1.29 is 0 Å². The van der Waals surface area contributed by atoms with Crippen molar-refractivity contribution in [1.82, 2.24) is 4.90 Å². The highest BCUT2D eigenvalue weighted by molar-refractivity contribution is 4.86. The van der Waals surface area contributed by atoms with Crippen LogP contribution in [-0.4, -0.2) is 24.2 Å². The number of nitrogens with two attached hydrogens (primary N) is 1. The highest BCUT2D eigenvalue weighted by Gasteiger charge is 2.32. The molecule has 0 radical (unpaired) electrons. The lowest BCUT2D eigenvalue weighted by Crippen LogP contribution is -2.50. The summed E-state index contributed by atoms with van der Waals surface area (Å²) in [4.78, 5) is 2.44. The molecule has 0 aromatic heterocycles. The van der Waals surface area contributed by atoms with Crippen LogP contribution in [0.1, 0.15) is 25.7 Å². The first kappa shape index (κ1) is 6.62. The zero-order valence-corrected chi connectivity index (χ0v) is 6.42. The molecule has 0 unspecified atom stereocenters. The Labute approximate surface area is 62.4 Å². The number of piperidine rings is 2. The molecule has 0 spiro atoms. The van der Waals surface area contributed by atoms with Crippen molar-refractivity contribution in [2.24, 2.45) is 11.7 Å². The molecule has 2 aliphatic heterocycles. The first-order valence-electron chi connectivity index (χ1n) is 4.34. The van der Waals surface area contributed by atoms with Crippen molar-refractivity contribution in [3.05, 3.63) is 0 Å². The lowest BCUT2D eigenvalue weighted by molar-refractivity contribution is 0.0514. The van der Waals surface area contributed by atoms with Crippen LogP contribution in [-0.2, 0) is 0 Å². The Kier molecular flexibility index (Phi) is 1.66. The number of hydrogen-bond donors (Lipinski definition) is 1. The molecule has 58 valence electrons. The van der Waals surface area contributed by atoms with E-state index in [-0.39, 0.29) is 0 Å². The van der Waals surface area contributed by atoms with E-state index >= 15 is 0 Å². The highest BCUT2D eigenvalue weighted by atomic mass is 15.2. The minimum Gasteiger partial charge on any atom is -0.318 e. The summed E-state index contributed by atoms with van der Waals surface area (Å²) in [5, 5.41) is 0. The Morgan fingerprint density at radius 3 is 2.20 bits per heavy atom. The maximum atomic E-state index is 5.62. The molecule has 0 amide bonds. The Morgan fingerprint density at radius 2 is 1.90 bits per heavy atom. The van der Waals surface area contributed by atoms with E-state index in [0.29, 0.717) is 0 Å². The van der Waals surface area contributed by atoms with E-state index in [4.69, 9.17) is 5.73 Å². The molecule has 1 aliphatic carbocycles. The van der Waals surface area contributed by atoms with E-state index in [1.54, 1.807) is 0 Å². The molecule has 3 rings (SSSR count). The van der Waals surface area contributed by atoms with E-state index in [9.17, 15) is 0 Å². The van der Waals surface area contributed by atoms with Gasteiger partial charge in [-0.1, -0.05) is 0 Å². The number of fused-ring (bicyclic) bond motifs is 3. The third-order valence-corrected chi connectivity index (χ3v) is 3.06. The van der Waals surface area contributed by atoms with E-state index in [2.05, 4.69) is 4.90 Å². The van der Waals surface area contributed by atoms with Gasteiger partial charge in [0.2, 0.25) is 0 Å². The summed E-state index contributed by atoms with van der Waals surface area (Å²) >= 11 is 0. The van der Waals surface area contributed by atoms with Gasteiger partial charge in [-0.3, -0.25) is 4.90 Å². The molecule has 10 heavy (non-hydrogen) atoms. The topological polar surface area (TPSA) is 29.3 Å². The van der Waals surface area contributed by atoms with Gasteiger partial charge >= 0.3 is 0 Å². The fraction of sp³-hybridized carbons (Fsp3) is 1.00. The van der Waals surface area contributed by atoms with Gasteiger partial charge in [0.25, 0.3) is 0 Å². The van der Waals surface area contributed by atoms with Crippen LogP contribution in [0.15, 0.2) is 0 Å². The normalized spacial score (nSPS) is 40.5. The molecule has 2 heterocycles. The zero-order chi connectivity index (χ0) is 6.97. The van der Waals surface area contributed by atoms with Gasteiger partial charge in [-0.25, -0.2) is 0 Å². The van der Waals surface area contributed by atoms with Crippen LogP contribution >= 0.6 is 0 Å². The van der Waals surface area contributed by atoms with Gasteiger partial charge in [0.1, 0.15) is 0 Å². The van der Waals surface area contributed by atoms with E-state index in [0.717, 1.165) is 18.6 Å². The van der Waals surface area contributed by atoms with Gasteiger partial charge in [-0.15, -0.1) is 0 Å². The van der Waals surface area contributed by atoms with Crippen LogP contribution in [0.3, 0.4) is 0 Å². The predicted molar refractivity (Wildman–Crippen MR) is 41.5 cm³/mol. The molecule has 2 N–H and O–H groups in total. The van der Waals surface area contributed by atoms with Crippen molar-refractivity contribution in [2.75, 3.05) is 13.2 Å². The number of rotatable bonds is 1. The molecule has 0 aromatic rings. The zero-order valence-electron chi connectivity index (χ0n) is 6.42. The van der Waals surface area contributed by atoms with Crippen LogP contribution in [0.25, 0.3) is 0 Å². The van der Waals surface area contributed by atoms with Crippen LogP contribution in [0.4, 0.5) is 0 Å². The van der Waals surface area contributed by atoms with Crippen molar-refractivity contribution in [1.29, 1.82) is 0 Å². The lowest BCUT2D eigenvalue weighted by Gasteiger charge is -2.44. The monoisotopic (exact) mass is 140 g/mol. The molecule has 2 saturated heterocycles. The van der Waals surface area contributed by atoms with E-state index in [1.807, 2.05) is 0 Å². The third-order valence-electron chi connectivity index (χ3n) is 3.06. The second kappa shape index (κ2) is 2.51. The standard InChI is InChI=1S/C8H16N2/c9-6-10-5-7-1-3-8(10)4-2-7/h7-8H,1-6,9H2. The third kappa shape index (κ3) is 0.956. The Hall–Kier alpha value is -0.0800. The van der Waals surface area contributed by atoms with Crippen molar-refractivity contribution in [3.63, 3.8) is 0 Å². The van der Waals surface area contributed by atoms with Crippen molar-refractivity contribution in [3.8, 4) is 0 Å². The Balaban J connectivity index is 2.01. The van der Waals surface area contributed by atoms with Crippen LogP contribution in [0.5, 0.6) is 0 Å². The quantitative estimate of drug-likeness (QED) is 0.583. The first-order valence-corrected chi connectivity index (χ1v) is 4.34. The second-order valence-electron chi connectivity index (χ2n) is 3.63. The summed E-state index contributed by atoms with van der Waals surface area (Å²) in [6, 6.07) is 0.843. The maximum absolute atomic E-state index is 5.62. The van der Waals surface area contributed by atoms with E-state index in [1.165, 1.54) is 32.2 Å². The SMILES string of the molecule is NCN1CC2CCC1CC2. The first-order chi connectivity index (χ1) is 4.90. The second-order valence-corrected chi connectivity index (χ2v) is 3.63. The molecule has 2 bridgehead atoms. The smallest absolute Gasteiger partial charge is 0.0458 e. The summed E-state index contributed by atoms with van der Waals surface area (Å²) in [5.74, 6) is 0.980. The summed E-state index contributed by atoms with van der Waals surface area (Å²) in [7, 11) is 0. The molecule has 0 aromatic carbocycles. The average molecular weight is 140 g/mol. The fourth-order valence-electron chi connectivity index (χ4n) is 2.40.